The molecule has 43 heavy (non-hydrogen) atoms. The van der Waals surface area contributed by atoms with Crippen molar-refractivity contribution in [2.24, 2.45) is 0 Å². The topological polar surface area (TPSA) is 21.7 Å². The van der Waals surface area contributed by atoms with Gasteiger partial charge in [0.25, 0.3) is 0 Å². The number of para-hydroxylation sites is 3. The molecule has 0 saturated heterocycles. The summed E-state index contributed by atoms with van der Waals surface area (Å²) in [6.45, 7) is 4.56. The molecule has 0 N–H and O–H groups in total. The van der Waals surface area contributed by atoms with E-state index in [0.717, 1.165) is 55.4 Å². The summed E-state index contributed by atoms with van der Waals surface area (Å²) in [6, 6.07) is 48.7. The van der Waals surface area contributed by atoms with Gasteiger partial charge in [0.15, 0.2) is 5.75 Å². The molecular weight excluding hydrogens is 547 g/mol. The van der Waals surface area contributed by atoms with Gasteiger partial charge in [-0.05, 0) is 59.7 Å². The zero-order valence-electron chi connectivity index (χ0n) is 24.0. The molecule has 0 aliphatic carbocycles. The van der Waals surface area contributed by atoms with E-state index in [1.807, 2.05) is 24.3 Å². The van der Waals surface area contributed by atoms with Crippen LogP contribution in [0.3, 0.4) is 0 Å². The predicted octanol–water partition coefficient (Wildman–Crippen LogP) is 11.5. The number of hydrogen-bond acceptors (Lipinski definition) is 4. The van der Waals surface area contributed by atoms with Crippen LogP contribution in [0, 0.1) is 0 Å². The maximum atomic E-state index is 6.78. The van der Waals surface area contributed by atoms with Crippen LogP contribution in [0.25, 0.3) is 11.1 Å². The Morgan fingerprint density at radius 1 is 0.512 bits per heavy atom. The maximum Gasteiger partial charge on any atom is 0.155 e. The lowest BCUT2D eigenvalue weighted by atomic mass is 9.75. The highest BCUT2D eigenvalue weighted by Gasteiger charge is 2.37. The molecule has 0 radical (unpaired) electrons. The third-order valence-corrected chi connectivity index (χ3v) is 9.57. The Hall–Kier alpha value is -4.93. The van der Waals surface area contributed by atoms with Crippen LogP contribution in [0.1, 0.15) is 25.0 Å². The van der Waals surface area contributed by atoms with E-state index in [2.05, 4.69) is 134 Å². The van der Waals surface area contributed by atoms with Crippen LogP contribution < -0.4 is 14.4 Å². The summed E-state index contributed by atoms with van der Waals surface area (Å²) in [5, 5.41) is 0. The van der Waals surface area contributed by atoms with E-state index in [4.69, 9.17) is 9.47 Å². The van der Waals surface area contributed by atoms with Crippen molar-refractivity contribution in [2.45, 2.75) is 29.1 Å². The van der Waals surface area contributed by atoms with Gasteiger partial charge in [-0.3, -0.25) is 0 Å². The van der Waals surface area contributed by atoms with E-state index in [-0.39, 0.29) is 5.41 Å². The molecule has 208 valence electrons. The van der Waals surface area contributed by atoms with Crippen LogP contribution in [-0.4, -0.2) is 0 Å². The minimum absolute atomic E-state index is 0.226. The molecule has 2 aliphatic rings. The van der Waals surface area contributed by atoms with Gasteiger partial charge >= 0.3 is 0 Å². The van der Waals surface area contributed by atoms with Gasteiger partial charge in [-0.15, -0.1) is 0 Å². The van der Waals surface area contributed by atoms with Gasteiger partial charge in [0, 0.05) is 22.2 Å². The number of nitrogens with zero attached hydrogens (tertiary/aromatic N) is 1. The molecular formula is C39H29NO2S. The fourth-order valence-electron chi connectivity index (χ4n) is 6.18. The Morgan fingerprint density at radius 2 is 1.14 bits per heavy atom. The first kappa shape index (κ1) is 25.8. The van der Waals surface area contributed by atoms with Crippen molar-refractivity contribution < 1.29 is 9.47 Å². The van der Waals surface area contributed by atoms with Gasteiger partial charge in [-0.25, -0.2) is 0 Å². The van der Waals surface area contributed by atoms with Crippen molar-refractivity contribution in [3.05, 3.63) is 151 Å². The Labute approximate surface area is 256 Å². The molecule has 8 rings (SSSR count). The summed E-state index contributed by atoms with van der Waals surface area (Å²) in [6.07, 6.45) is 0. The largest absolute Gasteiger partial charge is 0.455 e. The van der Waals surface area contributed by atoms with Gasteiger partial charge in [-0.1, -0.05) is 117 Å². The summed E-state index contributed by atoms with van der Waals surface area (Å²) in [5.41, 5.74) is 7.56. The van der Waals surface area contributed by atoms with E-state index in [1.165, 1.54) is 16.7 Å². The lowest BCUT2D eigenvalue weighted by Crippen LogP contribution is -2.25. The average Bonchev–Trinajstić information content (AvgIpc) is 3.05. The smallest absolute Gasteiger partial charge is 0.155 e. The number of hydrogen-bond donors (Lipinski definition) is 0. The molecule has 4 heteroatoms. The quantitative estimate of drug-likeness (QED) is 0.208. The Kier molecular flexibility index (Phi) is 6.06. The summed E-state index contributed by atoms with van der Waals surface area (Å²) < 4.78 is 13.2. The molecule has 6 aromatic rings. The van der Waals surface area contributed by atoms with Gasteiger partial charge in [0.2, 0.25) is 0 Å². The molecule has 2 aliphatic heterocycles. The molecule has 2 heterocycles. The first-order chi connectivity index (χ1) is 21.1. The standard InChI is InChI=1S/C39H29NO2S/c1-39(2)29-14-6-7-18-33(29)42-37-30(39)15-10-16-31(37)40(28-24-22-27(23-25-28)26-12-4-3-5-13-26)32-17-11-20-35-38(32)43-36-21-9-8-19-34(36)41-35/h3-25H,1-2H3. The monoisotopic (exact) mass is 575 g/mol. The van der Waals surface area contributed by atoms with E-state index < -0.39 is 0 Å². The van der Waals surface area contributed by atoms with E-state index >= 15 is 0 Å². The summed E-state index contributed by atoms with van der Waals surface area (Å²) >= 11 is 1.75. The number of ether oxygens (including phenoxy) is 2. The van der Waals surface area contributed by atoms with E-state index in [0.29, 0.717) is 0 Å². The van der Waals surface area contributed by atoms with Gasteiger partial charge < -0.3 is 14.4 Å². The second kappa shape index (κ2) is 10.1. The number of rotatable bonds is 4. The Morgan fingerprint density at radius 3 is 1.98 bits per heavy atom. The SMILES string of the molecule is CC1(C)c2ccccc2Oc2c(N(c3ccc(-c4ccccc4)cc3)c3cccc4c3Sc3ccccc3O4)cccc21. The Bertz CT molecular complexity index is 1980. The highest BCUT2D eigenvalue weighted by Crippen LogP contribution is 2.57. The molecule has 0 bridgehead atoms. The third kappa shape index (κ3) is 4.29. The van der Waals surface area contributed by atoms with Gasteiger partial charge in [0.1, 0.15) is 17.2 Å². The first-order valence-electron chi connectivity index (χ1n) is 14.5. The molecule has 0 spiro atoms. The molecule has 6 aromatic carbocycles. The van der Waals surface area contributed by atoms with Crippen molar-refractivity contribution in [2.75, 3.05) is 4.90 Å². The minimum Gasteiger partial charge on any atom is -0.455 e. The van der Waals surface area contributed by atoms with Crippen LogP contribution in [0.4, 0.5) is 17.1 Å². The molecule has 0 unspecified atom stereocenters. The average molecular weight is 576 g/mol. The van der Waals surface area contributed by atoms with Crippen molar-refractivity contribution in [3.63, 3.8) is 0 Å². The second-order valence-electron chi connectivity index (χ2n) is 11.4. The zero-order valence-corrected chi connectivity index (χ0v) is 24.8. The normalized spacial score (nSPS) is 13.8. The highest BCUT2D eigenvalue weighted by molar-refractivity contribution is 7.99. The van der Waals surface area contributed by atoms with Crippen LogP contribution in [-0.2, 0) is 5.41 Å². The van der Waals surface area contributed by atoms with E-state index in [1.54, 1.807) is 11.8 Å². The lowest BCUT2D eigenvalue weighted by Gasteiger charge is -2.38. The lowest BCUT2D eigenvalue weighted by molar-refractivity contribution is 0.419. The second-order valence-corrected chi connectivity index (χ2v) is 12.4. The fourth-order valence-corrected chi connectivity index (χ4v) is 7.23. The van der Waals surface area contributed by atoms with Crippen LogP contribution >= 0.6 is 11.8 Å². The number of fused-ring (bicyclic) bond motifs is 4. The number of anilines is 3. The molecule has 0 atom stereocenters. The Balaban J connectivity index is 1.33. The van der Waals surface area contributed by atoms with E-state index in [9.17, 15) is 0 Å². The van der Waals surface area contributed by atoms with Crippen LogP contribution in [0.15, 0.2) is 149 Å². The zero-order chi connectivity index (χ0) is 29.0. The summed E-state index contributed by atoms with van der Waals surface area (Å²) in [4.78, 5) is 4.49. The van der Waals surface area contributed by atoms with Crippen molar-refractivity contribution >= 4 is 28.8 Å². The highest BCUT2D eigenvalue weighted by atomic mass is 32.2. The van der Waals surface area contributed by atoms with Gasteiger partial charge in [-0.2, -0.15) is 0 Å². The van der Waals surface area contributed by atoms with Crippen molar-refractivity contribution in [1.82, 2.24) is 0 Å². The predicted molar refractivity (Wildman–Crippen MR) is 176 cm³/mol. The van der Waals surface area contributed by atoms with Crippen LogP contribution in [0.5, 0.6) is 23.0 Å². The number of benzene rings is 6. The minimum atomic E-state index is -0.226. The molecule has 0 saturated carbocycles. The third-order valence-electron chi connectivity index (χ3n) is 8.39. The van der Waals surface area contributed by atoms with Crippen LogP contribution in [0.2, 0.25) is 0 Å². The first-order valence-corrected chi connectivity index (χ1v) is 15.3. The maximum absolute atomic E-state index is 6.78. The molecule has 0 fully saturated rings. The molecule has 3 nitrogen and oxygen atoms in total. The fraction of sp³-hybridized carbons (Fsp3) is 0.0769. The molecule has 0 amide bonds. The van der Waals surface area contributed by atoms with Gasteiger partial charge in [0.05, 0.1) is 21.2 Å². The van der Waals surface area contributed by atoms with Crippen molar-refractivity contribution in [3.8, 4) is 34.1 Å². The summed E-state index contributed by atoms with van der Waals surface area (Å²) in [5.74, 6) is 3.50. The summed E-state index contributed by atoms with van der Waals surface area (Å²) in [7, 11) is 0. The molecule has 0 aromatic heterocycles. The van der Waals surface area contributed by atoms with Crippen molar-refractivity contribution in [1.29, 1.82) is 0 Å².